The van der Waals surface area contributed by atoms with Crippen molar-refractivity contribution in [2.75, 3.05) is 0 Å². The Hall–Kier alpha value is -1.71. The molecule has 0 aliphatic rings. The van der Waals surface area contributed by atoms with Crippen LogP contribution < -0.4 is 0 Å². The largest absolute Gasteiger partial charge is 0.292 e. The fourth-order valence-electron chi connectivity index (χ4n) is 1.68. The van der Waals surface area contributed by atoms with Crippen LogP contribution in [0, 0.1) is 0 Å². The summed E-state index contributed by atoms with van der Waals surface area (Å²) in [6.07, 6.45) is 3.97. The molecule has 0 fully saturated rings. The van der Waals surface area contributed by atoms with Crippen molar-refractivity contribution in [3.8, 4) is 0 Å². The zero-order chi connectivity index (χ0) is 11.7. The van der Waals surface area contributed by atoms with Crippen molar-refractivity contribution < 1.29 is 4.79 Å². The summed E-state index contributed by atoms with van der Waals surface area (Å²) in [7, 11) is 0. The minimum atomic E-state index is 0.0680. The van der Waals surface area contributed by atoms with Crippen LogP contribution >= 0.6 is 0 Å². The van der Waals surface area contributed by atoms with Gasteiger partial charge in [-0.05, 0) is 19.9 Å². The summed E-state index contributed by atoms with van der Waals surface area (Å²) >= 11 is 0. The third-order valence-electron chi connectivity index (χ3n) is 2.58. The van der Waals surface area contributed by atoms with Crippen LogP contribution in [0.3, 0.4) is 0 Å². The molecule has 84 valence electrons. The number of hydrogen-bond acceptors (Lipinski definition) is 3. The zero-order valence-corrected chi connectivity index (χ0v) is 9.77. The lowest BCUT2D eigenvalue weighted by molar-refractivity contribution is 0.0983. The van der Waals surface area contributed by atoms with E-state index in [9.17, 15) is 4.79 Å². The molecule has 4 nitrogen and oxygen atoms in total. The number of rotatable bonds is 3. The van der Waals surface area contributed by atoms with Crippen LogP contribution in [0.25, 0.3) is 10.9 Å². The quantitative estimate of drug-likeness (QED) is 0.742. The predicted octanol–water partition coefficient (Wildman–Crippen LogP) is 2.60. The van der Waals surface area contributed by atoms with Gasteiger partial charge in [0.1, 0.15) is 5.69 Å². The van der Waals surface area contributed by atoms with Gasteiger partial charge in [0.25, 0.3) is 0 Å². The first-order chi connectivity index (χ1) is 7.63. The fourth-order valence-corrected chi connectivity index (χ4v) is 1.68. The van der Waals surface area contributed by atoms with Gasteiger partial charge in [0.15, 0.2) is 5.78 Å². The Morgan fingerprint density at radius 1 is 1.44 bits per heavy atom. The van der Waals surface area contributed by atoms with E-state index in [1.54, 1.807) is 12.4 Å². The lowest BCUT2D eigenvalue weighted by Crippen LogP contribution is -2.04. The average Bonchev–Trinajstić information content (AvgIpc) is 2.70. The van der Waals surface area contributed by atoms with E-state index in [0.717, 1.165) is 10.9 Å². The number of aromatic nitrogens is 3. The zero-order valence-electron chi connectivity index (χ0n) is 9.77. The Morgan fingerprint density at radius 2 is 2.19 bits per heavy atom. The first kappa shape index (κ1) is 10.8. The van der Waals surface area contributed by atoms with Crippen molar-refractivity contribution in [3.63, 3.8) is 0 Å². The molecule has 2 heterocycles. The van der Waals surface area contributed by atoms with Gasteiger partial charge in [-0.1, -0.05) is 6.92 Å². The van der Waals surface area contributed by atoms with Crippen LogP contribution in [0.4, 0.5) is 0 Å². The fraction of sp³-hybridized carbons (Fsp3) is 0.417. The highest BCUT2D eigenvalue weighted by molar-refractivity contribution is 5.96. The molecule has 0 saturated heterocycles. The molecular formula is C12H15N3O. The van der Waals surface area contributed by atoms with Gasteiger partial charge in [-0.25, -0.2) is 0 Å². The highest BCUT2D eigenvalue weighted by Gasteiger charge is 2.10. The predicted molar refractivity (Wildman–Crippen MR) is 62.5 cm³/mol. The van der Waals surface area contributed by atoms with E-state index in [0.29, 0.717) is 12.1 Å². The standard InChI is InChI=1S/C12H15N3O/c1-4-12(16)10-5-11-9(6-13-10)7-14-15(11)8(2)3/h5-8H,4H2,1-3H3. The molecule has 2 aromatic rings. The molecule has 4 heteroatoms. The Bertz CT molecular complexity index is 528. The van der Waals surface area contributed by atoms with Crippen LogP contribution in [0.1, 0.15) is 43.7 Å². The molecule has 0 radical (unpaired) electrons. The van der Waals surface area contributed by atoms with Gasteiger partial charge in [-0.2, -0.15) is 5.10 Å². The number of pyridine rings is 1. The van der Waals surface area contributed by atoms with E-state index in [4.69, 9.17) is 0 Å². The van der Waals surface area contributed by atoms with E-state index in [1.807, 2.05) is 17.7 Å². The molecule has 0 aromatic carbocycles. The molecule has 16 heavy (non-hydrogen) atoms. The van der Waals surface area contributed by atoms with Gasteiger partial charge >= 0.3 is 0 Å². The minimum absolute atomic E-state index is 0.0680. The average molecular weight is 217 g/mol. The number of nitrogens with zero attached hydrogens (tertiary/aromatic N) is 3. The van der Waals surface area contributed by atoms with Gasteiger partial charge in [0.05, 0.1) is 11.7 Å². The monoisotopic (exact) mass is 217 g/mol. The van der Waals surface area contributed by atoms with E-state index in [2.05, 4.69) is 23.9 Å². The summed E-state index contributed by atoms with van der Waals surface area (Å²) in [5.74, 6) is 0.0680. The van der Waals surface area contributed by atoms with Crippen LogP contribution in [0.15, 0.2) is 18.5 Å². The van der Waals surface area contributed by atoms with E-state index < -0.39 is 0 Å². The molecule has 0 saturated carbocycles. The van der Waals surface area contributed by atoms with Crippen molar-refractivity contribution in [1.29, 1.82) is 0 Å². The molecule has 0 atom stereocenters. The Labute approximate surface area is 94.3 Å². The third-order valence-corrected chi connectivity index (χ3v) is 2.58. The van der Waals surface area contributed by atoms with E-state index >= 15 is 0 Å². The van der Waals surface area contributed by atoms with Crippen molar-refractivity contribution >= 4 is 16.7 Å². The Morgan fingerprint density at radius 3 is 2.81 bits per heavy atom. The van der Waals surface area contributed by atoms with E-state index in [1.165, 1.54) is 0 Å². The molecule has 2 rings (SSSR count). The summed E-state index contributed by atoms with van der Waals surface area (Å²) in [5.41, 5.74) is 1.50. The second-order valence-electron chi connectivity index (χ2n) is 4.09. The maximum atomic E-state index is 11.6. The summed E-state index contributed by atoms with van der Waals surface area (Å²) < 4.78 is 1.91. The molecule has 0 spiro atoms. The first-order valence-electron chi connectivity index (χ1n) is 5.50. The van der Waals surface area contributed by atoms with Crippen molar-refractivity contribution in [2.45, 2.75) is 33.2 Å². The van der Waals surface area contributed by atoms with Gasteiger partial charge in [0, 0.05) is 24.0 Å². The lowest BCUT2D eigenvalue weighted by Gasteiger charge is -2.07. The molecule has 0 amide bonds. The number of hydrogen-bond donors (Lipinski definition) is 0. The van der Waals surface area contributed by atoms with Crippen LogP contribution in [-0.2, 0) is 0 Å². The van der Waals surface area contributed by atoms with Crippen LogP contribution in [-0.4, -0.2) is 20.5 Å². The van der Waals surface area contributed by atoms with Gasteiger partial charge in [0.2, 0.25) is 0 Å². The SMILES string of the molecule is CCC(=O)c1cc2c(cn1)cnn2C(C)C. The molecule has 0 bridgehead atoms. The Kier molecular flexibility index (Phi) is 2.73. The van der Waals surface area contributed by atoms with Gasteiger partial charge in [-0.15, -0.1) is 0 Å². The van der Waals surface area contributed by atoms with Crippen molar-refractivity contribution in [2.24, 2.45) is 0 Å². The number of carbonyl (C=O) groups excluding carboxylic acids is 1. The molecule has 0 aliphatic carbocycles. The summed E-state index contributed by atoms with van der Waals surface area (Å²) in [4.78, 5) is 15.7. The summed E-state index contributed by atoms with van der Waals surface area (Å²) in [6.45, 7) is 5.97. The Balaban J connectivity index is 2.58. The van der Waals surface area contributed by atoms with Crippen molar-refractivity contribution in [3.05, 3.63) is 24.2 Å². The second kappa shape index (κ2) is 4.04. The van der Waals surface area contributed by atoms with Gasteiger partial charge < -0.3 is 0 Å². The third kappa shape index (κ3) is 1.71. The topological polar surface area (TPSA) is 47.8 Å². The van der Waals surface area contributed by atoms with E-state index in [-0.39, 0.29) is 11.8 Å². The number of fused-ring (bicyclic) bond motifs is 1. The minimum Gasteiger partial charge on any atom is -0.292 e. The smallest absolute Gasteiger partial charge is 0.180 e. The van der Waals surface area contributed by atoms with Crippen LogP contribution in [0.5, 0.6) is 0 Å². The molecular weight excluding hydrogens is 202 g/mol. The highest BCUT2D eigenvalue weighted by atomic mass is 16.1. The first-order valence-corrected chi connectivity index (χ1v) is 5.50. The summed E-state index contributed by atoms with van der Waals surface area (Å²) in [5, 5.41) is 5.26. The molecule has 2 aromatic heterocycles. The van der Waals surface area contributed by atoms with Gasteiger partial charge in [-0.3, -0.25) is 14.5 Å². The maximum Gasteiger partial charge on any atom is 0.180 e. The molecule has 0 unspecified atom stereocenters. The number of Topliss-reactive ketones (excluding diaryl/α,β-unsaturated/α-hetero) is 1. The number of ketones is 1. The summed E-state index contributed by atoms with van der Waals surface area (Å²) in [6, 6.07) is 2.11. The normalized spacial score (nSPS) is 11.2. The maximum absolute atomic E-state index is 11.6. The molecule has 0 aliphatic heterocycles. The lowest BCUT2D eigenvalue weighted by atomic mass is 10.2. The van der Waals surface area contributed by atoms with Crippen LogP contribution in [0.2, 0.25) is 0 Å². The molecule has 0 N–H and O–H groups in total. The second-order valence-corrected chi connectivity index (χ2v) is 4.09. The number of carbonyl (C=O) groups is 1. The van der Waals surface area contributed by atoms with Crippen molar-refractivity contribution in [1.82, 2.24) is 14.8 Å². The highest BCUT2D eigenvalue weighted by Crippen LogP contribution is 2.18.